The van der Waals surface area contributed by atoms with Crippen LogP contribution in [-0.2, 0) is 0 Å². The lowest BCUT2D eigenvalue weighted by Gasteiger charge is -2.31. The minimum atomic E-state index is 0.107. The Morgan fingerprint density at radius 1 is 1.08 bits per heavy atom. The Morgan fingerprint density at radius 2 is 1.77 bits per heavy atom. The van der Waals surface area contributed by atoms with Crippen LogP contribution in [0.15, 0.2) is 42.5 Å². The topological polar surface area (TPSA) is 42.4 Å². The number of likely N-dealkylation sites (tertiary alicyclic amines) is 1. The standard InChI is InChI=1S/C21H22N2O2S/c1-14-8-9-15(2)19-18(14)22-21(26-19)25-17-10-12-23(13-11-17)20(24)16-6-4-3-5-7-16/h3-9,17H,10-13H2,1-2H3. The molecule has 3 aromatic rings. The SMILES string of the molecule is Cc1ccc(C)c2sc(OC3CCN(C(=O)c4ccccc4)CC3)nc12. The minimum absolute atomic E-state index is 0.107. The highest BCUT2D eigenvalue weighted by molar-refractivity contribution is 7.20. The van der Waals surface area contributed by atoms with Crippen molar-refractivity contribution in [1.29, 1.82) is 0 Å². The third kappa shape index (κ3) is 3.31. The van der Waals surface area contributed by atoms with Crippen LogP contribution in [0.3, 0.4) is 0 Å². The van der Waals surface area contributed by atoms with Crippen LogP contribution in [0, 0.1) is 13.8 Å². The van der Waals surface area contributed by atoms with Gasteiger partial charge in [0.05, 0.1) is 10.2 Å². The number of ether oxygens (including phenoxy) is 1. The molecule has 1 aliphatic heterocycles. The summed E-state index contributed by atoms with van der Waals surface area (Å²) in [5, 5.41) is 0.741. The number of amides is 1. The molecule has 1 aromatic heterocycles. The average Bonchev–Trinajstić information content (AvgIpc) is 3.11. The highest BCUT2D eigenvalue weighted by Crippen LogP contribution is 2.33. The van der Waals surface area contributed by atoms with Crippen molar-refractivity contribution in [3.63, 3.8) is 0 Å². The van der Waals surface area contributed by atoms with Crippen LogP contribution >= 0.6 is 11.3 Å². The lowest BCUT2D eigenvalue weighted by molar-refractivity contribution is 0.0595. The summed E-state index contributed by atoms with van der Waals surface area (Å²) in [7, 11) is 0. The molecule has 0 unspecified atom stereocenters. The van der Waals surface area contributed by atoms with Crippen molar-refractivity contribution < 1.29 is 9.53 Å². The first-order chi connectivity index (χ1) is 12.6. The van der Waals surface area contributed by atoms with Crippen LogP contribution < -0.4 is 4.74 Å². The van der Waals surface area contributed by atoms with Crippen LogP contribution in [0.4, 0.5) is 0 Å². The fraction of sp³-hybridized carbons (Fsp3) is 0.333. The normalized spacial score (nSPS) is 15.4. The van der Waals surface area contributed by atoms with Gasteiger partial charge in [0.1, 0.15) is 6.10 Å². The molecular formula is C21H22N2O2S. The first-order valence-corrected chi connectivity index (χ1v) is 9.81. The molecule has 26 heavy (non-hydrogen) atoms. The number of carbonyl (C=O) groups excluding carboxylic acids is 1. The first kappa shape index (κ1) is 17.0. The Balaban J connectivity index is 1.41. The van der Waals surface area contributed by atoms with E-state index in [9.17, 15) is 4.79 Å². The predicted molar refractivity (Wildman–Crippen MR) is 105 cm³/mol. The zero-order valence-corrected chi connectivity index (χ0v) is 15.9. The van der Waals surface area contributed by atoms with Gasteiger partial charge in [0.2, 0.25) is 0 Å². The number of thiazole rings is 1. The summed E-state index contributed by atoms with van der Waals surface area (Å²) in [5.41, 5.74) is 4.21. The smallest absolute Gasteiger partial charge is 0.274 e. The molecule has 5 heteroatoms. The Kier molecular flexibility index (Phi) is 4.64. The van der Waals surface area contributed by atoms with Gasteiger partial charge in [0, 0.05) is 31.5 Å². The largest absolute Gasteiger partial charge is 0.467 e. The van der Waals surface area contributed by atoms with Gasteiger partial charge in [-0.05, 0) is 37.1 Å². The van der Waals surface area contributed by atoms with E-state index in [-0.39, 0.29) is 12.0 Å². The molecule has 0 saturated carbocycles. The lowest BCUT2D eigenvalue weighted by Crippen LogP contribution is -2.41. The number of nitrogens with zero attached hydrogens (tertiary/aromatic N) is 2. The van der Waals surface area contributed by atoms with Crippen LogP contribution in [-0.4, -0.2) is 35.0 Å². The van der Waals surface area contributed by atoms with Crippen molar-refractivity contribution in [3.05, 3.63) is 59.2 Å². The van der Waals surface area contributed by atoms with Crippen LogP contribution in [0.25, 0.3) is 10.2 Å². The molecule has 4 nitrogen and oxygen atoms in total. The summed E-state index contributed by atoms with van der Waals surface area (Å²) in [5.74, 6) is 0.107. The van der Waals surface area contributed by atoms with Gasteiger partial charge in [-0.15, -0.1) is 0 Å². The molecule has 0 aliphatic carbocycles. The molecule has 0 radical (unpaired) electrons. The maximum absolute atomic E-state index is 12.5. The third-order valence-electron chi connectivity index (χ3n) is 4.94. The molecule has 1 amide bonds. The fourth-order valence-corrected chi connectivity index (χ4v) is 4.40. The Labute approximate surface area is 157 Å². The van der Waals surface area contributed by atoms with Gasteiger partial charge < -0.3 is 9.64 Å². The summed E-state index contributed by atoms with van der Waals surface area (Å²) >= 11 is 1.62. The summed E-state index contributed by atoms with van der Waals surface area (Å²) in [6.07, 6.45) is 1.80. The van der Waals surface area contributed by atoms with Gasteiger partial charge in [0.15, 0.2) is 0 Å². The molecule has 1 fully saturated rings. The van der Waals surface area contributed by atoms with E-state index in [0.29, 0.717) is 0 Å². The van der Waals surface area contributed by atoms with Crippen molar-refractivity contribution in [2.75, 3.05) is 13.1 Å². The van der Waals surface area contributed by atoms with Gasteiger partial charge in [-0.2, -0.15) is 0 Å². The van der Waals surface area contributed by atoms with Gasteiger partial charge in [-0.3, -0.25) is 4.79 Å². The monoisotopic (exact) mass is 366 g/mol. The van der Waals surface area contributed by atoms with E-state index in [1.54, 1.807) is 11.3 Å². The summed E-state index contributed by atoms with van der Waals surface area (Å²) in [6, 6.07) is 13.7. The molecule has 0 atom stereocenters. The molecule has 1 aliphatic rings. The number of hydrogen-bond donors (Lipinski definition) is 0. The molecule has 0 bridgehead atoms. The van der Waals surface area contributed by atoms with Crippen LogP contribution in [0.5, 0.6) is 5.19 Å². The highest BCUT2D eigenvalue weighted by Gasteiger charge is 2.25. The maximum Gasteiger partial charge on any atom is 0.274 e. The molecule has 4 rings (SSSR count). The van der Waals surface area contributed by atoms with E-state index >= 15 is 0 Å². The van der Waals surface area contributed by atoms with E-state index < -0.39 is 0 Å². The second kappa shape index (κ2) is 7.08. The van der Waals surface area contributed by atoms with E-state index in [2.05, 4.69) is 31.0 Å². The molecular weight excluding hydrogens is 344 g/mol. The molecule has 0 N–H and O–H groups in total. The average molecular weight is 366 g/mol. The second-order valence-corrected chi connectivity index (χ2v) is 7.79. The quantitative estimate of drug-likeness (QED) is 0.680. The number of benzene rings is 2. The van der Waals surface area contributed by atoms with Crippen LogP contribution in [0.2, 0.25) is 0 Å². The Bertz CT molecular complexity index is 889. The molecule has 0 spiro atoms. The molecule has 2 aromatic carbocycles. The van der Waals surface area contributed by atoms with Crippen molar-refractivity contribution in [1.82, 2.24) is 9.88 Å². The van der Waals surface area contributed by atoms with Crippen molar-refractivity contribution >= 4 is 27.5 Å². The maximum atomic E-state index is 12.5. The first-order valence-electron chi connectivity index (χ1n) is 8.99. The highest BCUT2D eigenvalue weighted by atomic mass is 32.1. The third-order valence-corrected chi connectivity index (χ3v) is 6.02. The minimum Gasteiger partial charge on any atom is -0.467 e. The van der Waals surface area contributed by atoms with Gasteiger partial charge in [-0.1, -0.05) is 41.7 Å². The van der Waals surface area contributed by atoms with E-state index in [4.69, 9.17) is 4.74 Å². The van der Waals surface area contributed by atoms with E-state index in [0.717, 1.165) is 42.2 Å². The lowest BCUT2D eigenvalue weighted by atomic mass is 10.1. The summed E-state index contributed by atoms with van der Waals surface area (Å²) < 4.78 is 7.36. The number of hydrogen-bond acceptors (Lipinski definition) is 4. The number of fused-ring (bicyclic) bond motifs is 1. The number of aromatic nitrogens is 1. The van der Waals surface area contributed by atoms with Gasteiger partial charge >= 0.3 is 0 Å². The van der Waals surface area contributed by atoms with Crippen molar-refractivity contribution in [3.8, 4) is 5.19 Å². The zero-order valence-electron chi connectivity index (χ0n) is 15.1. The zero-order chi connectivity index (χ0) is 18.1. The molecule has 1 saturated heterocycles. The van der Waals surface area contributed by atoms with Crippen LogP contribution in [0.1, 0.15) is 34.3 Å². The fourth-order valence-electron chi connectivity index (χ4n) is 3.37. The van der Waals surface area contributed by atoms with Gasteiger partial charge in [-0.25, -0.2) is 4.98 Å². The number of piperidine rings is 1. The van der Waals surface area contributed by atoms with Gasteiger partial charge in [0.25, 0.3) is 11.1 Å². The summed E-state index contributed by atoms with van der Waals surface area (Å²) in [6.45, 7) is 5.64. The number of carbonyl (C=O) groups is 1. The number of rotatable bonds is 3. The van der Waals surface area contributed by atoms with Crippen molar-refractivity contribution in [2.24, 2.45) is 0 Å². The van der Waals surface area contributed by atoms with Crippen molar-refractivity contribution in [2.45, 2.75) is 32.8 Å². The summed E-state index contributed by atoms with van der Waals surface area (Å²) in [4.78, 5) is 19.1. The van der Waals surface area contributed by atoms with E-state index in [1.807, 2.05) is 35.2 Å². The second-order valence-electron chi connectivity index (χ2n) is 6.83. The Morgan fingerprint density at radius 3 is 2.46 bits per heavy atom. The predicted octanol–water partition coefficient (Wildman–Crippen LogP) is 4.60. The Hall–Kier alpha value is -2.40. The molecule has 134 valence electrons. The molecule has 2 heterocycles. The van der Waals surface area contributed by atoms with E-state index in [1.165, 1.54) is 15.8 Å². The number of aryl methyl sites for hydroxylation is 2.